The lowest BCUT2D eigenvalue weighted by molar-refractivity contribution is -0.187. The first-order valence-corrected chi connectivity index (χ1v) is 12.0. The lowest BCUT2D eigenvalue weighted by atomic mass is 9.88. The van der Waals surface area contributed by atoms with Gasteiger partial charge in [-0.05, 0) is 42.2 Å². The van der Waals surface area contributed by atoms with E-state index in [9.17, 15) is 18.7 Å². The summed E-state index contributed by atoms with van der Waals surface area (Å²) in [5.41, 5.74) is 0.0850. The largest absolute Gasteiger partial charge is 0.491 e. The molecule has 1 aliphatic rings. The van der Waals surface area contributed by atoms with E-state index in [1.54, 1.807) is 25.1 Å². The Bertz CT molecular complexity index is 986. The first kappa shape index (κ1) is 26.5. The first-order valence-electron chi connectivity index (χ1n) is 11.6. The number of ether oxygens (including phenoxy) is 3. The van der Waals surface area contributed by atoms with Gasteiger partial charge in [0.1, 0.15) is 5.60 Å². The van der Waals surface area contributed by atoms with Crippen LogP contribution in [0.15, 0.2) is 30.3 Å². The highest BCUT2D eigenvalue weighted by atomic mass is 35.5. The van der Waals surface area contributed by atoms with E-state index in [0.29, 0.717) is 29.9 Å². The number of unbranched alkanes of at least 4 members (excludes halogenated alkanes) is 1. The number of carbonyl (C=O) groups excluding carboxylic acids is 1. The van der Waals surface area contributed by atoms with Crippen LogP contribution >= 0.6 is 11.6 Å². The molecule has 3 atom stereocenters. The molecule has 0 unspecified atom stereocenters. The number of benzene rings is 2. The zero-order valence-corrected chi connectivity index (χ0v) is 20.2. The molecule has 0 radical (unpaired) electrons. The molecule has 2 aromatic carbocycles. The number of carbonyl (C=O) groups is 1. The van der Waals surface area contributed by atoms with E-state index in [-0.39, 0.29) is 36.9 Å². The van der Waals surface area contributed by atoms with Crippen molar-refractivity contribution in [1.82, 2.24) is 0 Å². The second-order valence-electron chi connectivity index (χ2n) is 8.54. The molecule has 0 bridgehead atoms. The van der Waals surface area contributed by atoms with Crippen LogP contribution in [-0.2, 0) is 20.7 Å². The van der Waals surface area contributed by atoms with Gasteiger partial charge in [0.2, 0.25) is 5.82 Å². The van der Waals surface area contributed by atoms with E-state index in [1.807, 2.05) is 0 Å². The molecule has 1 saturated heterocycles. The Morgan fingerprint density at radius 3 is 2.68 bits per heavy atom. The highest BCUT2D eigenvalue weighted by molar-refractivity contribution is 6.31. The number of hydrogen-bond acceptors (Lipinski definition) is 5. The van der Waals surface area contributed by atoms with Crippen molar-refractivity contribution in [2.24, 2.45) is 0 Å². The molecule has 0 aromatic heterocycles. The van der Waals surface area contributed by atoms with E-state index in [0.717, 1.165) is 18.4 Å². The van der Waals surface area contributed by atoms with Crippen molar-refractivity contribution >= 4 is 17.9 Å². The molecule has 5 nitrogen and oxygen atoms in total. The van der Waals surface area contributed by atoms with E-state index in [2.05, 4.69) is 6.92 Å². The van der Waals surface area contributed by atoms with Gasteiger partial charge in [-0.15, -0.1) is 0 Å². The third-order valence-corrected chi connectivity index (χ3v) is 6.38. The fourth-order valence-electron chi connectivity index (χ4n) is 4.14. The van der Waals surface area contributed by atoms with E-state index in [4.69, 9.17) is 25.8 Å². The van der Waals surface area contributed by atoms with Crippen LogP contribution in [0.25, 0.3) is 0 Å². The number of rotatable bonds is 11. The van der Waals surface area contributed by atoms with Crippen LogP contribution in [0.5, 0.6) is 5.75 Å². The zero-order chi connectivity index (χ0) is 24.7. The summed E-state index contributed by atoms with van der Waals surface area (Å²) in [5, 5.41) is 10.3. The van der Waals surface area contributed by atoms with Crippen LogP contribution in [0, 0.1) is 11.6 Å². The van der Waals surface area contributed by atoms with Crippen molar-refractivity contribution in [3.63, 3.8) is 0 Å². The Kier molecular flexibility index (Phi) is 9.42. The molecule has 0 spiro atoms. The summed E-state index contributed by atoms with van der Waals surface area (Å²) in [5.74, 6) is -2.15. The monoisotopic (exact) mass is 496 g/mol. The lowest BCUT2D eigenvalue weighted by Gasteiger charge is -2.40. The third-order valence-electron chi connectivity index (χ3n) is 6.01. The van der Waals surface area contributed by atoms with Crippen LogP contribution in [-0.4, -0.2) is 42.9 Å². The molecule has 1 fully saturated rings. The molecule has 0 amide bonds. The molecule has 8 heteroatoms. The quantitative estimate of drug-likeness (QED) is 0.325. The Labute approximate surface area is 204 Å². The maximum absolute atomic E-state index is 14.6. The van der Waals surface area contributed by atoms with Crippen molar-refractivity contribution in [3.05, 3.63) is 63.7 Å². The Balaban J connectivity index is 1.86. The summed E-state index contributed by atoms with van der Waals surface area (Å²) in [7, 11) is 0. The second-order valence-corrected chi connectivity index (χ2v) is 8.95. The number of aliphatic hydroxyl groups excluding tert-OH is 1. The van der Waals surface area contributed by atoms with Gasteiger partial charge < -0.3 is 24.1 Å². The standard InChI is InChI=1S/C26H31ClF2O5/c1-3-5-10-33-20-13-23(34-26(14-20,15-30)16-31)17-6-8-21(27)19(11-17)12-18-7-9-22(32-4-2)25(29)24(18)28/h6-9,11,15,20,23,31H,3-5,10,12-14,16H2,1-2H3/t20-,23-,26+/m1/s1. The summed E-state index contributed by atoms with van der Waals surface area (Å²) in [6.07, 6.45) is 2.53. The van der Waals surface area contributed by atoms with Gasteiger partial charge in [0.15, 0.2) is 17.9 Å². The minimum Gasteiger partial charge on any atom is -0.491 e. The lowest BCUT2D eigenvalue weighted by Crippen LogP contribution is -2.48. The van der Waals surface area contributed by atoms with Gasteiger partial charge in [-0.2, -0.15) is 4.39 Å². The fraction of sp³-hybridized carbons (Fsp3) is 0.500. The fourth-order valence-corrected chi connectivity index (χ4v) is 4.32. The number of aliphatic hydroxyl groups is 1. The molecule has 0 aliphatic carbocycles. The van der Waals surface area contributed by atoms with Gasteiger partial charge in [0.25, 0.3) is 0 Å². The predicted molar refractivity (Wildman–Crippen MR) is 125 cm³/mol. The van der Waals surface area contributed by atoms with E-state index >= 15 is 0 Å². The highest BCUT2D eigenvalue weighted by Crippen LogP contribution is 2.39. The molecule has 0 saturated carbocycles. The van der Waals surface area contributed by atoms with Gasteiger partial charge in [-0.3, -0.25) is 0 Å². The van der Waals surface area contributed by atoms with Gasteiger partial charge in [0.05, 0.1) is 25.4 Å². The van der Waals surface area contributed by atoms with Crippen molar-refractivity contribution in [2.45, 2.75) is 63.8 Å². The van der Waals surface area contributed by atoms with Crippen LogP contribution in [0.3, 0.4) is 0 Å². The minimum absolute atomic E-state index is 0.0593. The molecular formula is C26H31ClF2O5. The van der Waals surface area contributed by atoms with Gasteiger partial charge in [-0.1, -0.05) is 43.1 Å². The highest BCUT2D eigenvalue weighted by Gasteiger charge is 2.42. The minimum atomic E-state index is -1.36. The number of hydrogen-bond donors (Lipinski definition) is 1. The summed E-state index contributed by atoms with van der Waals surface area (Å²) < 4.78 is 46.1. The van der Waals surface area contributed by atoms with Crippen LogP contribution in [0.2, 0.25) is 5.02 Å². The first-order chi connectivity index (χ1) is 16.4. The van der Waals surface area contributed by atoms with Crippen molar-refractivity contribution < 1.29 is 32.9 Å². The normalized spacial score (nSPS) is 22.5. The predicted octanol–water partition coefficient (Wildman–Crippen LogP) is 5.57. The zero-order valence-electron chi connectivity index (χ0n) is 19.5. The molecule has 34 heavy (non-hydrogen) atoms. The molecular weight excluding hydrogens is 466 g/mol. The van der Waals surface area contributed by atoms with Crippen LogP contribution in [0.1, 0.15) is 62.3 Å². The summed E-state index contributed by atoms with van der Waals surface area (Å²) in [4.78, 5) is 11.8. The Hall–Kier alpha value is -2.06. The SMILES string of the molecule is CCCCO[C@@H]1C[C@H](c2ccc(Cl)c(Cc3ccc(OCC)c(F)c3F)c2)O[C@@](C=O)(CO)C1. The molecule has 186 valence electrons. The Morgan fingerprint density at radius 2 is 2.00 bits per heavy atom. The average molecular weight is 497 g/mol. The second kappa shape index (κ2) is 12.1. The average Bonchev–Trinajstić information content (AvgIpc) is 2.85. The van der Waals surface area contributed by atoms with Crippen molar-refractivity contribution in [3.8, 4) is 5.75 Å². The van der Waals surface area contributed by atoms with Crippen molar-refractivity contribution in [1.29, 1.82) is 0 Å². The summed E-state index contributed by atoms with van der Waals surface area (Å²) in [6.45, 7) is 4.08. The third kappa shape index (κ3) is 6.13. The Morgan fingerprint density at radius 1 is 1.21 bits per heavy atom. The molecule has 2 aromatic rings. The molecule has 3 rings (SSSR count). The van der Waals surface area contributed by atoms with E-state index in [1.165, 1.54) is 12.1 Å². The van der Waals surface area contributed by atoms with Gasteiger partial charge in [-0.25, -0.2) is 4.39 Å². The van der Waals surface area contributed by atoms with E-state index < -0.39 is 29.9 Å². The van der Waals surface area contributed by atoms with Crippen LogP contribution < -0.4 is 4.74 Å². The molecule has 1 heterocycles. The summed E-state index contributed by atoms with van der Waals surface area (Å²) in [6, 6.07) is 8.08. The molecule has 1 N–H and O–H groups in total. The number of aldehydes is 1. The smallest absolute Gasteiger partial charge is 0.200 e. The number of halogens is 3. The van der Waals surface area contributed by atoms with Gasteiger partial charge >= 0.3 is 0 Å². The van der Waals surface area contributed by atoms with Crippen molar-refractivity contribution in [2.75, 3.05) is 19.8 Å². The topological polar surface area (TPSA) is 65.0 Å². The van der Waals surface area contributed by atoms with Gasteiger partial charge in [0, 0.05) is 30.9 Å². The molecule has 1 aliphatic heterocycles. The van der Waals surface area contributed by atoms with Crippen LogP contribution in [0.4, 0.5) is 8.78 Å². The summed E-state index contributed by atoms with van der Waals surface area (Å²) >= 11 is 6.38. The maximum atomic E-state index is 14.6. The maximum Gasteiger partial charge on any atom is 0.200 e.